The molecule has 8 bridgehead atoms. The molecule has 0 heterocycles. The van der Waals surface area contributed by atoms with Gasteiger partial charge in [-0.1, -0.05) is 0 Å². The molecule has 0 aromatic rings. The van der Waals surface area contributed by atoms with Crippen molar-refractivity contribution in [2.24, 2.45) is 46.3 Å². The van der Waals surface area contributed by atoms with Gasteiger partial charge < -0.3 is 8.85 Å². The van der Waals surface area contributed by atoms with E-state index in [1.807, 2.05) is 14.2 Å². The van der Waals surface area contributed by atoms with Gasteiger partial charge in [0.2, 0.25) is 0 Å². The highest BCUT2D eigenvalue weighted by Gasteiger charge is 2.59. The Morgan fingerprint density at radius 3 is 1.04 bits per heavy atom. The summed E-state index contributed by atoms with van der Waals surface area (Å²) < 4.78 is 13.0. The highest BCUT2D eigenvalue weighted by Crippen LogP contribution is 2.66. The summed E-state index contributed by atoms with van der Waals surface area (Å²) in [5.41, 5.74) is 1.19. The third kappa shape index (κ3) is 2.93. The molecule has 0 unspecified atom stereocenters. The zero-order valence-electron chi connectivity index (χ0n) is 17.7. The van der Waals surface area contributed by atoms with Crippen LogP contribution in [0.3, 0.4) is 0 Å². The second-order valence-corrected chi connectivity index (χ2v) is 15.9. The molecule has 0 atom stereocenters. The van der Waals surface area contributed by atoms with Gasteiger partial charge in [0.25, 0.3) is 0 Å². The highest BCUT2D eigenvalue weighted by molar-refractivity contribution is 6.67. The summed E-state index contributed by atoms with van der Waals surface area (Å²) in [4.78, 5) is 0. The van der Waals surface area contributed by atoms with Gasteiger partial charge in [-0.05, 0) is 135 Å². The molecule has 3 heteroatoms. The normalized spacial score (nSPS) is 52.7. The first-order chi connectivity index (χ1) is 13.0. The molecule has 0 radical (unpaired) electrons. The van der Waals surface area contributed by atoms with Crippen molar-refractivity contribution in [3.63, 3.8) is 0 Å². The summed E-state index contributed by atoms with van der Waals surface area (Å²) in [6.07, 6.45) is 18.3. The summed E-state index contributed by atoms with van der Waals surface area (Å²) >= 11 is 0. The standard InChI is InChI=1S/C24H40O2Si/c1-25-27(26-2,15-23-9-17-3-18(10-23)5-19(4-17)11-23)16-24-12-20-6-21(13-24)8-22(7-20)14-24/h17-22H,3-16H2,1-2H3. The van der Waals surface area contributed by atoms with Gasteiger partial charge in [-0.3, -0.25) is 0 Å². The van der Waals surface area contributed by atoms with Crippen molar-refractivity contribution in [2.75, 3.05) is 14.2 Å². The van der Waals surface area contributed by atoms with E-state index in [0.29, 0.717) is 10.8 Å². The Hall–Kier alpha value is 0.137. The second-order valence-electron chi connectivity index (χ2n) is 12.5. The van der Waals surface area contributed by atoms with Crippen molar-refractivity contribution in [1.29, 1.82) is 0 Å². The molecule has 27 heavy (non-hydrogen) atoms. The summed E-state index contributed by atoms with van der Waals surface area (Å²) in [7, 11) is 1.91. The van der Waals surface area contributed by atoms with Crippen LogP contribution in [0.2, 0.25) is 12.1 Å². The molecule has 8 aliphatic rings. The maximum absolute atomic E-state index is 6.48. The molecule has 8 aliphatic carbocycles. The van der Waals surface area contributed by atoms with E-state index in [2.05, 4.69) is 0 Å². The topological polar surface area (TPSA) is 18.5 Å². The second kappa shape index (κ2) is 6.08. The van der Waals surface area contributed by atoms with Gasteiger partial charge in [0.15, 0.2) is 0 Å². The molecular weight excluding hydrogens is 348 g/mol. The van der Waals surface area contributed by atoms with E-state index in [9.17, 15) is 0 Å². The maximum atomic E-state index is 6.48. The van der Waals surface area contributed by atoms with Crippen molar-refractivity contribution >= 4 is 8.56 Å². The lowest BCUT2D eigenvalue weighted by Crippen LogP contribution is -2.56. The number of hydrogen-bond donors (Lipinski definition) is 0. The van der Waals surface area contributed by atoms with E-state index in [1.54, 1.807) is 38.5 Å². The molecule has 0 amide bonds. The zero-order valence-corrected chi connectivity index (χ0v) is 18.7. The lowest BCUT2D eigenvalue weighted by molar-refractivity contribution is -0.0554. The Bertz CT molecular complexity index is 477. The number of hydrogen-bond acceptors (Lipinski definition) is 2. The monoisotopic (exact) mass is 388 g/mol. The third-order valence-corrected chi connectivity index (χ3v) is 14.4. The largest absolute Gasteiger partial charge is 0.398 e. The molecule has 0 aliphatic heterocycles. The SMILES string of the molecule is CO[Si](CC12CC3CC(CC(C3)C1)C2)(CC12CC3CC(CC(C3)C1)C2)OC. The van der Waals surface area contributed by atoms with E-state index in [0.717, 1.165) is 35.5 Å². The van der Waals surface area contributed by atoms with Gasteiger partial charge in [0.1, 0.15) is 0 Å². The first-order valence-electron chi connectivity index (χ1n) is 12.1. The van der Waals surface area contributed by atoms with E-state index < -0.39 is 8.56 Å². The van der Waals surface area contributed by atoms with Crippen LogP contribution >= 0.6 is 0 Å². The van der Waals surface area contributed by atoms with E-state index in [4.69, 9.17) is 8.85 Å². The van der Waals surface area contributed by atoms with Crippen LogP contribution in [-0.2, 0) is 8.85 Å². The van der Waals surface area contributed by atoms with Gasteiger partial charge in [-0.2, -0.15) is 0 Å². The average Bonchev–Trinajstić information content (AvgIpc) is 2.58. The predicted molar refractivity (Wildman–Crippen MR) is 111 cm³/mol. The first-order valence-corrected chi connectivity index (χ1v) is 14.3. The molecule has 0 saturated heterocycles. The Morgan fingerprint density at radius 2 is 0.815 bits per heavy atom. The molecule has 8 rings (SSSR count). The minimum atomic E-state index is -2.11. The fourth-order valence-electron chi connectivity index (χ4n) is 10.6. The van der Waals surface area contributed by atoms with E-state index in [-0.39, 0.29) is 0 Å². The molecule has 8 saturated carbocycles. The van der Waals surface area contributed by atoms with Gasteiger partial charge >= 0.3 is 8.56 Å². The zero-order chi connectivity index (χ0) is 18.3. The molecular formula is C24H40O2Si. The summed E-state index contributed by atoms with van der Waals surface area (Å²) in [5.74, 6) is 6.23. The van der Waals surface area contributed by atoms with Gasteiger partial charge in [0, 0.05) is 14.2 Å². The van der Waals surface area contributed by atoms with Gasteiger partial charge in [0.05, 0.1) is 0 Å². The van der Waals surface area contributed by atoms with Crippen molar-refractivity contribution < 1.29 is 8.85 Å². The van der Waals surface area contributed by atoms with Crippen LogP contribution in [0.5, 0.6) is 0 Å². The molecule has 8 fully saturated rings. The maximum Gasteiger partial charge on any atom is 0.338 e. The van der Waals surface area contributed by atoms with Crippen molar-refractivity contribution in [2.45, 2.75) is 89.1 Å². The van der Waals surface area contributed by atoms with Gasteiger partial charge in [-0.15, -0.1) is 0 Å². The number of rotatable bonds is 6. The molecule has 152 valence electrons. The van der Waals surface area contributed by atoms with Crippen LogP contribution in [0, 0.1) is 46.3 Å². The van der Waals surface area contributed by atoms with Gasteiger partial charge in [-0.25, -0.2) is 0 Å². The summed E-state index contributed by atoms with van der Waals surface area (Å²) in [6.45, 7) is 0. The van der Waals surface area contributed by atoms with Crippen molar-refractivity contribution in [3.8, 4) is 0 Å². The lowest BCUT2D eigenvalue weighted by Gasteiger charge is -2.60. The fourth-order valence-corrected chi connectivity index (χ4v) is 14.6. The van der Waals surface area contributed by atoms with Crippen LogP contribution < -0.4 is 0 Å². The average molecular weight is 389 g/mol. The summed E-state index contributed by atoms with van der Waals surface area (Å²) in [6, 6.07) is 2.64. The molecule has 0 N–H and O–H groups in total. The smallest absolute Gasteiger partial charge is 0.338 e. The first kappa shape index (κ1) is 17.9. The van der Waals surface area contributed by atoms with Crippen LogP contribution in [0.4, 0.5) is 0 Å². The molecule has 0 aromatic carbocycles. The Labute approximate surface area is 167 Å². The van der Waals surface area contributed by atoms with Crippen LogP contribution in [-0.4, -0.2) is 22.8 Å². The van der Waals surface area contributed by atoms with Crippen molar-refractivity contribution in [1.82, 2.24) is 0 Å². The lowest BCUT2D eigenvalue weighted by atomic mass is 9.50. The molecule has 2 nitrogen and oxygen atoms in total. The molecule has 0 spiro atoms. The summed E-state index contributed by atoms with van der Waals surface area (Å²) in [5, 5.41) is 0. The van der Waals surface area contributed by atoms with Crippen molar-refractivity contribution in [3.05, 3.63) is 0 Å². The van der Waals surface area contributed by atoms with E-state index in [1.165, 1.54) is 50.6 Å². The Morgan fingerprint density at radius 1 is 0.556 bits per heavy atom. The van der Waals surface area contributed by atoms with Crippen LogP contribution in [0.25, 0.3) is 0 Å². The van der Waals surface area contributed by atoms with Crippen LogP contribution in [0.15, 0.2) is 0 Å². The predicted octanol–water partition coefficient (Wildman–Crippen LogP) is 6.15. The quantitative estimate of drug-likeness (QED) is 0.508. The minimum Gasteiger partial charge on any atom is -0.398 e. The Balaban J connectivity index is 1.26. The third-order valence-electron chi connectivity index (χ3n) is 10.4. The van der Waals surface area contributed by atoms with Crippen LogP contribution in [0.1, 0.15) is 77.0 Å². The van der Waals surface area contributed by atoms with E-state index >= 15 is 0 Å². The minimum absolute atomic E-state index is 0.593. The molecule has 0 aromatic heterocycles. The Kier molecular flexibility index (Phi) is 4.04. The highest BCUT2D eigenvalue weighted by atomic mass is 28.4. The fraction of sp³-hybridized carbons (Fsp3) is 1.00.